The zero-order valence-electron chi connectivity index (χ0n) is 10.0. The molecule has 0 aromatic heterocycles. The predicted octanol–water partition coefficient (Wildman–Crippen LogP) is 1.55. The van der Waals surface area contributed by atoms with E-state index >= 15 is 0 Å². The fraction of sp³-hybridized carbons (Fsp3) is 0.538. The van der Waals surface area contributed by atoms with Gasteiger partial charge in [-0.05, 0) is 42.9 Å². The van der Waals surface area contributed by atoms with E-state index in [0.29, 0.717) is 19.3 Å². The summed E-state index contributed by atoms with van der Waals surface area (Å²) < 4.78 is 35.6. The highest BCUT2D eigenvalue weighted by Crippen LogP contribution is 2.24. The van der Waals surface area contributed by atoms with E-state index < -0.39 is 15.9 Å². The molecule has 1 aromatic carbocycles. The zero-order chi connectivity index (χ0) is 13.2. The van der Waals surface area contributed by atoms with E-state index in [1.54, 1.807) is 12.1 Å². The van der Waals surface area contributed by atoms with E-state index in [1.807, 2.05) is 0 Å². The van der Waals surface area contributed by atoms with E-state index in [1.165, 1.54) is 12.1 Å². The third-order valence-electron chi connectivity index (χ3n) is 3.29. The third kappa shape index (κ3) is 3.78. The molecule has 3 nitrogen and oxygen atoms in total. The Bertz CT molecular complexity index is 513. The van der Waals surface area contributed by atoms with Crippen molar-refractivity contribution in [3.63, 3.8) is 0 Å². The van der Waals surface area contributed by atoms with Crippen molar-refractivity contribution in [3.05, 3.63) is 35.6 Å². The van der Waals surface area contributed by atoms with Gasteiger partial charge in [0, 0.05) is 0 Å². The van der Waals surface area contributed by atoms with E-state index in [4.69, 9.17) is 0 Å². The number of aliphatic hydroxyl groups is 1. The molecule has 100 valence electrons. The molecule has 0 spiro atoms. The summed E-state index contributed by atoms with van der Waals surface area (Å²) in [6.07, 6.45) is 0.858. The molecular weight excluding hydrogens is 255 g/mol. The second kappa shape index (κ2) is 5.36. The molecule has 1 N–H and O–H groups in total. The second-order valence-electron chi connectivity index (χ2n) is 4.99. The van der Waals surface area contributed by atoms with Crippen molar-refractivity contribution in [1.82, 2.24) is 0 Å². The monoisotopic (exact) mass is 272 g/mol. The number of hydrogen-bond acceptors (Lipinski definition) is 3. The maximum absolute atomic E-state index is 13.0. The molecule has 0 aliphatic carbocycles. The van der Waals surface area contributed by atoms with Gasteiger partial charge in [-0.15, -0.1) is 0 Å². The smallest absolute Gasteiger partial charge is 0.150 e. The van der Waals surface area contributed by atoms with E-state index in [9.17, 15) is 17.9 Å². The standard InChI is InChI=1S/C13H17FO3S/c14-12-3-1-2-10(6-12)7-13(15)8-11-4-5-18(16,17)9-11/h1-3,6,11,13,15H,4-5,7-9H2. The Morgan fingerprint density at radius 2 is 2.22 bits per heavy atom. The summed E-state index contributed by atoms with van der Waals surface area (Å²) in [5.74, 6) is 0.124. The normalized spacial score (nSPS) is 24.0. The number of rotatable bonds is 4. The lowest BCUT2D eigenvalue weighted by Gasteiger charge is -2.14. The van der Waals surface area contributed by atoms with Crippen molar-refractivity contribution >= 4 is 9.84 Å². The van der Waals surface area contributed by atoms with Crippen LogP contribution in [0.15, 0.2) is 24.3 Å². The van der Waals surface area contributed by atoms with E-state index in [-0.39, 0.29) is 23.2 Å². The zero-order valence-corrected chi connectivity index (χ0v) is 10.9. The summed E-state index contributed by atoms with van der Waals surface area (Å²) in [4.78, 5) is 0. The van der Waals surface area contributed by atoms with Crippen molar-refractivity contribution in [2.24, 2.45) is 5.92 Å². The number of aliphatic hydroxyl groups excluding tert-OH is 1. The van der Waals surface area contributed by atoms with Crippen LogP contribution in [-0.2, 0) is 16.3 Å². The van der Waals surface area contributed by atoms with Crippen molar-refractivity contribution in [2.45, 2.75) is 25.4 Å². The second-order valence-corrected chi connectivity index (χ2v) is 7.22. The van der Waals surface area contributed by atoms with Gasteiger partial charge in [0.1, 0.15) is 5.82 Å². The minimum Gasteiger partial charge on any atom is -0.393 e. The van der Waals surface area contributed by atoms with Crippen LogP contribution in [-0.4, -0.2) is 31.1 Å². The Labute approximate surface area is 107 Å². The largest absolute Gasteiger partial charge is 0.393 e. The molecule has 1 aromatic rings. The van der Waals surface area contributed by atoms with Gasteiger partial charge in [-0.3, -0.25) is 0 Å². The number of hydrogen-bond donors (Lipinski definition) is 1. The fourth-order valence-electron chi connectivity index (χ4n) is 2.46. The highest BCUT2D eigenvalue weighted by atomic mass is 32.2. The van der Waals surface area contributed by atoms with E-state index in [0.717, 1.165) is 5.56 Å². The Morgan fingerprint density at radius 1 is 1.44 bits per heavy atom. The average Bonchev–Trinajstić information content (AvgIpc) is 2.57. The first kappa shape index (κ1) is 13.5. The van der Waals surface area contributed by atoms with Crippen molar-refractivity contribution < 1.29 is 17.9 Å². The molecule has 18 heavy (non-hydrogen) atoms. The molecule has 2 rings (SSSR count). The van der Waals surface area contributed by atoms with Crippen LogP contribution in [0.4, 0.5) is 4.39 Å². The molecule has 1 fully saturated rings. The molecule has 0 radical (unpaired) electrons. The van der Waals surface area contributed by atoms with Gasteiger partial charge >= 0.3 is 0 Å². The molecule has 0 bridgehead atoms. The molecule has 1 aliphatic rings. The maximum atomic E-state index is 13.0. The third-order valence-corrected chi connectivity index (χ3v) is 5.13. The predicted molar refractivity (Wildman–Crippen MR) is 67.5 cm³/mol. The molecule has 5 heteroatoms. The molecule has 1 saturated heterocycles. The van der Waals surface area contributed by atoms with Crippen LogP contribution in [0, 0.1) is 11.7 Å². The Hall–Kier alpha value is -0.940. The summed E-state index contributed by atoms with van der Waals surface area (Å²) in [7, 11) is -2.89. The summed E-state index contributed by atoms with van der Waals surface area (Å²) in [6, 6.07) is 6.13. The van der Waals surface area contributed by atoms with Crippen molar-refractivity contribution in [2.75, 3.05) is 11.5 Å². The lowest BCUT2D eigenvalue weighted by atomic mass is 9.97. The van der Waals surface area contributed by atoms with Crippen LogP contribution in [0.2, 0.25) is 0 Å². The van der Waals surface area contributed by atoms with Crippen LogP contribution in [0.25, 0.3) is 0 Å². The van der Waals surface area contributed by atoms with Gasteiger partial charge in [0.2, 0.25) is 0 Å². The summed E-state index contributed by atoms with van der Waals surface area (Å²) in [5, 5.41) is 9.91. The quantitative estimate of drug-likeness (QED) is 0.905. The molecule has 2 unspecified atom stereocenters. The maximum Gasteiger partial charge on any atom is 0.150 e. The fourth-order valence-corrected chi connectivity index (χ4v) is 4.34. The van der Waals surface area contributed by atoms with Crippen LogP contribution >= 0.6 is 0 Å². The molecular formula is C13H17FO3S. The molecule has 1 aliphatic heterocycles. The van der Waals surface area contributed by atoms with Gasteiger partial charge in [-0.1, -0.05) is 12.1 Å². The summed E-state index contributed by atoms with van der Waals surface area (Å²) in [5.41, 5.74) is 0.739. The average molecular weight is 272 g/mol. The first-order chi connectivity index (χ1) is 8.44. The van der Waals surface area contributed by atoms with Gasteiger partial charge in [-0.2, -0.15) is 0 Å². The number of sulfone groups is 1. The highest BCUT2D eigenvalue weighted by Gasteiger charge is 2.29. The Kier molecular flexibility index (Phi) is 4.02. The van der Waals surface area contributed by atoms with Gasteiger partial charge in [0.25, 0.3) is 0 Å². The van der Waals surface area contributed by atoms with Gasteiger partial charge in [0.15, 0.2) is 9.84 Å². The van der Waals surface area contributed by atoms with Crippen molar-refractivity contribution in [3.8, 4) is 0 Å². The van der Waals surface area contributed by atoms with E-state index in [2.05, 4.69) is 0 Å². The van der Waals surface area contributed by atoms with Crippen LogP contribution in [0.1, 0.15) is 18.4 Å². The molecule has 0 amide bonds. The topological polar surface area (TPSA) is 54.4 Å². The first-order valence-corrected chi connectivity index (χ1v) is 7.90. The van der Waals surface area contributed by atoms with Gasteiger partial charge < -0.3 is 5.11 Å². The van der Waals surface area contributed by atoms with Crippen LogP contribution in [0.3, 0.4) is 0 Å². The van der Waals surface area contributed by atoms with Crippen LogP contribution in [0.5, 0.6) is 0 Å². The SMILES string of the molecule is O=S1(=O)CCC(CC(O)Cc2cccc(F)c2)C1. The lowest BCUT2D eigenvalue weighted by molar-refractivity contribution is 0.147. The highest BCUT2D eigenvalue weighted by molar-refractivity contribution is 7.91. The molecule has 1 heterocycles. The first-order valence-electron chi connectivity index (χ1n) is 6.07. The minimum absolute atomic E-state index is 0.0403. The lowest BCUT2D eigenvalue weighted by Crippen LogP contribution is -2.17. The van der Waals surface area contributed by atoms with Gasteiger partial charge in [0.05, 0.1) is 17.6 Å². The Balaban J connectivity index is 1.88. The molecule has 2 atom stereocenters. The van der Waals surface area contributed by atoms with Crippen LogP contribution < -0.4 is 0 Å². The minimum atomic E-state index is -2.89. The summed E-state index contributed by atoms with van der Waals surface area (Å²) >= 11 is 0. The number of benzene rings is 1. The Morgan fingerprint density at radius 3 is 2.83 bits per heavy atom. The van der Waals surface area contributed by atoms with Crippen molar-refractivity contribution in [1.29, 1.82) is 0 Å². The molecule has 0 saturated carbocycles. The number of halogens is 1. The summed E-state index contributed by atoms with van der Waals surface area (Å²) in [6.45, 7) is 0. The van der Waals surface area contributed by atoms with Gasteiger partial charge in [-0.25, -0.2) is 12.8 Å².